The molecule has 90 valence electrons. The van der Waals surface area contributed by atoms with Crippen molar-refractivity contribution < 1.29 is 19.3 Å². The summed E-state index contributed by atoms with van der Waals surface area (Å²) < 4.78 is 15.4. The van der Waals surface area contributed by atoms with E-state index >= 15 is 0 Å². The van der Waals surface area contributed by atoms with Crippen LogP contribution in [0.3, 0.4) is 0 Å². The van der Waals surface area contributed by atoms with E-state index in [9.17, 15) is 0 Å². The van der Waals surface area contributed by atoms with E-state index < -0.39 is 0 Å². The van der Waals surface area contributed by atoms with Crippen molar-refractivity contribution in [3.63, 3.8) is 0 Å². The molecule has 0 aliphatic carbocycles. The maximum absolute atomic E-state index is 9.03. The lowest BCUT2D eigenvalue weighted by molar-refractivity contribution is -0.0232. The minimum Gasteiger partial charge on any atom is -0.390 e. The Labute approximate surface area is 90.9 Å². The van der Waals surface area contributed by atoms with Crippen molar-refractivity contribution in [1.29, 1.82) is 0 Å². The first-order valence-corrected chi connectivity index (χ1v) is 5.38. The van der Waals surface area contributed by atoms with Gasteiger partial charge in [0.15, 0.2) is 0 Å². The fraction of sp³-hybridized carbons (Fsp3) is 1.00. The average Bonchev–Trinajstić information content (AvgIpc) is 2.19. The molecule has 5 nitrogen and oxygen atoms in total. The van der Waals surface area contributed by atoms with Gasteiger partial charge in [-0.15, -0.1) is 0 Å². The molecule has 1 heterocycles. The second-order valence-corrected chi connectivity index (χ2v) is 3.63. The van der Waals surface area contributed by atoms with Crippen LogP contribution in [0.25, 0.3) is 0 Å². The van der Waals surface area contributed by atoms with Gasteiger partial charge in [-0.25, -0.2) is 0 Å². The van der Waals surface area contributed by atoms with Crippen LogP contribution < -0.4 is 0 Å². The highest BCUT2D eigenvalue weighted by molar-refractivity contribution is 4.77. The number of nitrogens with zero attached hydrogens (tertiary/aromatic N) is 1. The second-order valence-electron chi connectivity index (χ2n) is 3.63. The van der Waals surface area contributed by atoms with E-state index in [1.54, 1.807) is 7.11 Å². The topological polar surface area (TPSA) is 51.2 Å². The van der Waals surface area contributed by atoms with Crippen molar-refractivity contribution in [3.8, 4) is 0 Å². The van der Waals surface area contributed by atoms with Gasteiger partial charge in [-0.1, -0.05) is 0 Å². The molecular formula is C10H21NO4. The lowest BCUT2D eigenvalue weighted by atomic mass is 10.2. The monoisotopic (exact) mass is 219 g/mol. The molecule has 0 spiro atoms. The molecule has 1 aliphatic rings. The number of methoxy groups -OCH3 is 1. The third kappa shape index (κ3) is 6.06. The number of hydrogen-bond acceptors (Lipinski definition) is 5. The number of ether oxygens (including phenoxy) is 3. The number of likely N-dealkylation sites (tertiary alicyclic amines) is 1. The van der Waals surface area contributed by atoms with E-state index in [-0.39, 0.29) is 6.10 Å². The number of hydrogen-bond donors (Lipinski definition) is 1. The Morgan fingerprint density at radius 3 is 2.27 bits per heavy atom. The highest BCUT2D eigenvalue weighted by Crippen LogP contribution is 2.05. The fourth-order valence-electron chi connectivity index (χ4n) is 1.38. The molecule has 1 aliphatic heterocycles. The predicted molar refractivity (Wildman–Crippen MR) is 56.0 cm³/mol. The molecule has 0 aromatic heterocycles. The number of aliphatic hydroxyl groups is 1. The van der Waals surface area contributed by atoms with Gasteiger partial charge >= 0.3 is 0 Å². The molecule has 0 amide bonds. The van der Waals surface area contributed by atoms with Gasteiger partial charge in [0.05, 0.1) is 39.1 Å². The first kappa shape index (κ1) is 12.9. The smallest absolute Gasteiger partial charge is 0.0793 e. The Morgan fingerprint density at radius 1 is 1.07 bits per heavy atom. The van der Waals surface area contributed by atoms with E-state index in [2.05, 4.69) is 4.90 Å². The fourth-order valence-corrected chi connectivity index (χ4v) is 1.38. The summed E-state index contributed by atoms with van der Waals surface area (Å²) in [6.45, 7) is 5.67. The molecule has 1 N–H and O–H groups in total. The van der Waals surface area contributed by atoms with Gasteiger partial charge in [0.2, 0.25) is 0 Å². The number of β-amino-alcohol motifs (C(OH)–C–C–N with tert-alkyl or cyclic N) is 1. The summed E-state index contributed by atoms with van der Waals surface area (Å²) >= 11 is 0. The van der Waals surface area contributed by atoms with Crippen LogP contribution in [-0.4, -0.2) is 75.9 Å². The molecule has 0 aromatic carbocycles. The van der Waals surface area contributed by atoms with Crippen molar-refractivity contribution in [2.45, 2.75) is 6.10 Å². The summed E-state index contributed by atoms with van der Waals surface area (Å²) in [6, 6.07) is 0. The van der Waals surface area contributed by atoms with Crippen LogP contribution >= 0.6 is 0 Å². The van der Waals surface area contributed by atoms with Crippen molar-refractivity contribution in [2.24, 2.45) is 0 Å². The van der Waals surface area contributed by atoms with Crippen LogP contribution in [0.5, 0.6) is 0 Å². The zero-order valence-electron chi connectivity index (χ0n) is 9.35. The van der Waals surface area contributed by atoms with Gasteiger partial charge < -0.3 is 19.3 Å². The Hall–Kier alpha value is -0.200. The van der Waals surface area contributed by atoms with Crippen LogP contribution in [0.2, 0.25) is 0 Å². The van der Waals surface area contributed by atoms with Crippen LogP contribution in [0.4, 0.5) is 0 Å². The molecule has 1 saturated heterocycles. The molecule has 5 heteroatoms. The van der Waals surface area contributed by atoms with Crippen molar-refractivity contribution in [2.75, 3.05) is 59.8 Å². The highest BCUT2D eigenvalue weighted by atomic mass is 16.5. The second kappa shape index (κ2) is 8.01. The van der Waals surface area contributed by atoms with Crippen LogP contribution in [0, 0.1) is 0 Å². The minimum atomic E-state index is -0.123. The molecule has 0 saturated carbocycles. The van der Waals surface area contributed by atoms with Crippen LogP contribution in [-0.2, 0) is 14.2 Å². The maximum atomic E-state index is 9.03. The van der Waals surface area contributed by atoms with Gasteiger partial charge in [-0.2, -0.15) is 0 Å². The third-order valence-corrected chi connectivity index (χ3v) is 2.29. The molecule has 0 aromatic rings. The van der Waals surface area contributed by atoms with Gasteiger partial charge in [0.25, 0.3) is 0 Å². The standard InChI is InChI=1S/C10H21NO4/c1-13-4-5-15-7-6-14-3-2-11-8-10(12)9-11/h10,12H,2-9H2,1H3. The number of aliphatic hydroxyl groups excluding tert-OH is 1. The SMILES string of the molecule is COCCOCCOCCN1CC(O)C1. The van der Waals surface area contributed by atoms with Gasteiger partial charge in [-0.3, -0.25) is 4.90 Å². The Bertz CT molecular complexity index is 150. The molecule has 1 fully saturated rings. The molecular weight excluding hydrogens is 198 g/mol. The summed E-state index contributed by atoms with van der Waals surface area (Å²) in [5.74, 6) is 0. The van der Waals surface area contributed by atoms with Crippen LogP contribution in [0.1, 0.15) is 0 Å². The average molecular weight is 219 g/mol. The molecule has 0 radical (unpaired) electrons. The molecule has 0 unspecified atom stereocenters. The summed E-state index contributed by atoms with van der Waals surface area (Å²) in [4.78, 5) is 2.16. The van der Waals surface area contributed by atoms with E-state index in [0.717, 1.165) is 19.6 Å². The highest BCUT2D eigenvalue weighted by Gasteiger charge is 2.23. The van der Waals surface area contributed by atoms with E-state index in [4.69, 9.17) is 19.3 Å². The summed E-state index contributed by atoms with van der Waals surface area (Å²) in [5.41, 5.74) is 0. The lowest BCUT2D eigenvalue weighted by Crippen LogP contribution is -2.51. The minimum absolute atomic E-state index is 0.123. The first-order valence-electron chi connectivity index (χ1n) is 5.38. The first-order chi connectivity index (χ1) is 7.33. The zero-order chi connectivity index (χ0) is 10.9. The van der Waals surface area contributed by atoms with Gasteiger partial charge in [0, 0.05) is 26.7 Å². The summed E-state index contributed by atoms with van der Waals surface area (Å²) in [7, 11) is 1.65. The van der Waals surface area contributed by atoms with Crippen molar-refractivity contribution >= 4 is 0 Å². The Kier molecular flexibility index (Phi) is 6.87. The van der Waals surface area contributed by atoms with Gasteiger partial charge in [-0.05, 0) is 0 Å². The number of rotatable bonds is 9. The normalized spacial score (nSPS) is 18.0. The molecule has 1 rings (SSSR count). The van der Waals surface area contributed by atoms with Crippen LogP contribution in [0.15, 0.2) is 0 Å². The quantitative estimate of drug-likeness (QED) is 0.522. The largest absolute Gasteiger partial charge is 0.390 e. The summed E-state index contributed by atoms with van der Waals surface area (Å²) in [6.07, 6.45) is -0.123. The van der Waals surface area contributed by atoms with Crippen molar-refractivity contribution in [3.05, 3.63) is 0 Å². The summed E-state index contributed by atoms with van der Waals surface area (Å²) in [5, 5.41) is 9.03. The zero-order valence-corrected chi connectivity index (χ0v) is 9.35. The Balaban J connectivity index is 1.70. The van der Waals surface area contributed by atoms with E-state index in [1.165, 1.54) is 0 Å². The molecule has 0 atom stereocenters. The maximum Gasteiger partial charge on any atom is 0.0793 e. The van der Waals surface area contributed by atoms with E-state index in [0.29, 0.717) is 33.0 Å². The predicted octanol–water partition coefficient (Wildman–Crippen LogP) is -0.657. The van der Waals surface area contributed by atoms with E-state index in [1.807, 2.05) is 0 Å². The Morgan fingerprint density at radius 2 is 1.67 bits per heavy atom. The molecule has 0 bridgehead atoms. The third-order valence-electron chi connectivity index (χ3n) is 2.29. The van der Waals surface area contributed by atoms with Gasteiger partial charge in [0.1, 0.15) is 0 Å². The van der Waals surface area contributed by atoms with Crippen molar-refractivity contribution in [1.82, 2.24) is 4.90 Å². The molecule has 15 heavy (non-hydrogen) atoms. The lowest BCUT2D eigenvalue weighted by Gasteiger charge is -2.35.